The van der Waals surface area contributed by atoms with Crippen LogP contribution in [0.1, 0.15) is 47.5 Å². The summed E-state index contributed by atoms with van der Waals surface area (Å²) in [6, 6.07) is -4.70. The van der Waals surface area contributed by atoms with Crippen molar-refractivity contribution in [2.24, 2.45) is 22.7 Å². The fraction of sp³-hybridized carbons (Fsp3) is 0.741. The van der Waals surface area contributed by atoms with Gasteiger partial charge in [0.05, 0.1) is 19.5 Å². The van der Waals surface area contributed by atoms with Crippen LogP contribution in [0.4, 0.5) is 22.0 Å². The van der Waals surface area contributed by atoms with Gasteiger partial charge in [0.2, 0.25) is 11.8 Å². The Balaban J connectivity index is 1.62. The molecule has 0 spiro atoms. The van der Waals surface area contributed by atoms with Crippen LogP contribution in [0.15, 0.2) is 0 Å². The van der Waals surface area contributed by atoms with Crippen molar-refractivity contribution in [2.75, 3.05) is 26.2 Å². The molecule has 1 saturated carbocycles. The number of nitrogens with zero attached hydrogens (tertiary/aromatic N) is 3. The molecule has 3 aliphatic heterocycles. The number of piperidine rings is 1. The standard InChI is InChI=1S/C27H34F5N5O6/c1-24(2,3)19(34-23(43)27(30,31)32)22(42)37-9-13-16(25(13,4)5)17(37)20(40)33-14(10-35-8-6-7-15(35)38)18(39)21(41)36-11-26(28,29)12-36/h10,13-14,16-17,19H,6-9,11-12H2,1-5H3,(H-,33,34,40,43)/p+1/b35-10+/t13-,14-,16-,17-,19+/m0/s1. The van der Waals surface area contributed by atoms with Crippen LogP contribution in [0.5, 0.6) is 0 Å². The molecule has 5 atom stereocenters. The molecule has 0 unspecified atom stereocenters. The minimum atomic E-state index is -5.26. The van der Waals surface area contributed by atoms with E-state index in [-0.39, 0.29) is 31.3 Å². The van der Waals surface area contributed by atoms with Gasteiger partial charge in [0.1, 0.15) is 12.1 Å². The molecule has 16 heteroatoms. The van der Waals surface area contributed by atoms with Gasteiger partial charge in [0.25, 0.3) is 17.6 Å². The quantitative estimate of drug-likeness (QED) is 0.242. The van der Waals surface area contributed by atoms with Crippen molar-refractivity contribution in [1.82, 2.24) is 20.4 Å². The number of rotatable bonds is 7. The average molecular weight is 621 g/mol. The number of Topliss-reactive ketones (excluding diaryl/α,β-unsaturated/α-hetero) is 1. The lowest BCUT2D eigenvalue weighted by Gasteiger charge is -2.38. The Labute approximate surface area is 244 Å². The molecular weight excluding hydrogens is 585 g/mol. The van der Waals surface area contributed by atoms with Gasteiger partial charge in [-0.25, -0.2) is 13.6 Å². The molecule has 0 bridgehead atoms. The Morgan fingerprint density at radius 2 is 1.65 bits per heavy atom. The number of carbonyl (C=O) groups is 6. The summed E-state index contributed by atoms with van der Waals surface area (Å²) in [5.41, 5.74) is -1.66. The van der Waals surface area contributed by atoms with Crippen LogP contribution in [-0.4, -0.2) is 112 Å². The molecule has 238 valence electrons. The highest BCUT2D eigenvalue weighted by molar-refractivity contribution is 6.41. The summed E-state index contributed by atoms with van der Waals surface area (Å²) in [7, 11) is 0. The molecule has 0 radical (unpaired) electrons. The zero-order valence-corrected chi connectivity index (χ0v) is 24.4. The van der Waals surface area contributed by atoms with Gasteiger partial charge in [-0.1, -0.05) is 34.6 Å². The van der Waals surface area contributed by atoms with E-state index < -0.39 is 89.5 Å². The third-order valence-corrected chi connectivity index (χ3v) is 8.77. The molecule has 1 aliphatic carbocycles. The monoisotopic (exact) mass is 620 g/mol. The second-order valence-electron chi connectivity index (χ2n) is 13.4. The number of amides is 5. The Morgan fingerprint density at radius 1 is 1.05 bits per heavy atom. The maximum atomic E-state index is 13.8. The van der Waals surface area contributed by atoms with Gasteiger partial charge < -0.3 is 20.4 Å². The van der Waals surface area contributed by atoms with E-state index in [0.29, 0.717) is 11.3 Å². The van der Waals surface area contributed by atoms with Crippen LogP contribution < -0.4 is 10.6 Å². The zero-order chi connectivity index (χ0) is 32.4. The maximum Gasteiger partial charge on any atom is 0.471 e. The lowest BCUT2D eigenvalue weighted by Crippen LogP contribution is -2.64. The summed E-state index contributed by atoms with van der Waals surface area (Å²) >= 11 is 0. The molecule has 4 fully saturated rings. The second-order valence-corrected chi connectivity index (χ2v) is 13.4. The van der Waals surface area contributed by atoms with Crippen LogP contribution in [0, 0.1) is 22.7 Å². The summed E-state index contributed by atoms with van der Waals surface area (Å²) < 4.78 is 67.2. The first-order valence-corrected chi connectivity index (χ1v) is 13.9. The highest BCUT2D eigenvalue weighted by Crippen LogP contribution is 2.65. The molecule has 4 rings (SSSR count). The van der Waals surface area contributed by atoms with Crippen LogP contribution in [0.2, 0.25) is 0 Å². The molecule has 0 aromatic rings. The fourth-order valence-corrected chi connectivity index (χ4v) is 6.20. The van der Waals surface area contributed by atoms with Crippen molar-refractivity contribution in [3.63, 3.8) is 0 Å². The smallest absolute Gasteiger partial charge is 0.336 e. The third kappa shape index (κ3) is 6.28. The number of carbonyl (C=O) groups excluding carboxylic acids is 6. The number of likely N-dealkylation sites (tertiary alicyclic amines) is 2. The average Bonchev–Trinajstić information content (AvgIpc) is 3.21. The van der Waals surface area contributed by atoms with Crippen LogP contribution >= 0.6 is 0 Å². The summed E-state index contributed by atoms with van der Waals surface area (Å²) in [4.78, 5) is 79.1. The number of halogens is 5. The van der Waals surface area contributed by atoms with Gasteiger partial charge in [0.15, 0.2) is 18.8 Å². The predicted octanol–water partition coefficient (Wildman–Crippen LogP) is 0.498. The van der Waals surface area contributed by atoms with Crippen LogP contribution in [-0.2, 0) is 28.8 Å². The Morgan fingerprint density at radius 3 is 2.14 bits per heavy atom. The predicted molar refractivity (Wildman–Crippen MR) is 138 cm³/mol. The molecular formula is C27H35F5N5O6+. The summed E-state index contributed by atoms with van der Waals surface area (Å²) in [5, 5.41) is 4.14. The van der Waals surface area contributed by atoms with Crippen molar-refractivity contribution in [3.05, 3.63) is 0 Å². The van der Waals surface area contributed by atoms with Gasteiger partial charge in [-0.3, -0.25) is 24.0 Å². The second kappa shape index (κ2) is 10.6. The Hall–Kier alpha value is -3.46. The molecule has 4 aliphatic rings. The van der Waals surface area contributed by atoms with Crippen molar-refractivity contribution in [2.45, 2.75) is 77.7 Å². The normalized spacial score (nSPS) is 28.1. The van der Waals surface area contributed by atoms with E-state index in [9.17, 15) is 50.7 Å². The number of hydrogen-bond acceptors (Lipinski definition) is 6. The van der Waals surface area contributed by atoms with Crippen LogP contribution in [0.3, 0.4) is 0 Å². The minimum absolute atomic E-state index is 0.0161. The van der Waals surface area contributed by atoms with Crippen molar-refractivity contribution >= 4 is 41.5 Å². The first kappa shape index (κ1) is 32.5. The first-order valence-electron chi connectivity index (χ1n) is 13.9. The molecule has 3 saturated heterocycles. The number of alkyl halides is 5. The van der Waals surface area contributed by atoms with Crippen LogP contribution in [0.25, 0.3) is 0 Å². The van der Waals surface area contributed by atoms with Gasteiger partial charge in [-0.15, -0.1) is 0 Å². The van der Waals surface area contributed by atoms with Gasteiger partial charge in [-0.2, -0.15) is 17.7 Å². The van der Waals surface area contributed by atoms with Crippen molar-refractivity contribution < 1.29 is 55.3 Å². The van der Waals surface area contributed by atoms with Gasteiger partial charge in [-0.05, 0) is 22.7 Å². The number of nitrogens with one attached hydrogen (secondary N) is 2. The van der Waals surface area contributed by atoms with Crippen molar-refractivity contribution in [3.8, 4) is 0 Å². The Kier molecular flexibility index (Phi) is 8.01. The summed E-state index contributed by atoms with van der Waals surface area (Å²) in [6.07, 6.45) is -3.63. The molecule has 0 aromatic carbocycles. The minimum Gasteiger partial charge on any atom is -0.336 e. The largest absolute Gasteiger partial charge is 0.471 e. The van der Waals surface area contributed by atoms with Gasteiger partial charge >= 0.3 is 18.0 Å². The Bertz CT molecular complexity index is 1280. The molecule has 0 aromatic heterocycles. The summed E-state index contributed by atoms with van der Waals surface area (Å²) in [6.45, 7) is 6.22. The maximum absolute atomic E-state index is 13.8. The fourth-order valence-electron chi connectivity index (χ4n) is 6.20. The van der Waals surface area contributed by atoms with E-state index in [1.54, 1.807) is 5.32 Å². The highest BCUT2D eigenvalue weighted by Gasteiger charge is 2.70. The van der Waals surface area contributed by atoms with Crippen molar-refractivity contribution in [1.29, 1.82) is 0 Å². The van der Waals surface area contributed by atoms with E-state index >= 15 is 0 Å². The van der Waals surface area contributed by atoms with E-state index in [1.165, 1.54) is 20.8 Å². The van der Waals surface area contributed by atoms with E-state index in [1.807, 2.05) is 13.8 Å². The third-order valence-electron chi connectivity index (χ3n) is 8.77. The van der Waals surface area contributed by atoms with E-state index in [4.69, 9.17) is 0 Å². The number of ketones is 1. The SMILES string of the molecule is CC(C)(C)[C@H](NC(=O)C(F)(F)F)C(=O)N1C[C@H]2[C@@H]([C@H]1C(=O)N[C@@H](/C=[N+]1\CCCC1=O)C(=O)C(=O)N1CC(F)(F)C1)C2(C)C. The molecule has 5 amide bonds. The van der Waals surface area contributed by atoms with Gasteiger partial charge in [0, 0.05) is 13.0 Å². The van der Waals surface area contributed by atoms with E-state index in [0.717, 1.165) is 15.7 Å². The topological polar surface area (TPSA) is 136 Å². The number of hydrogen-bond donors (Lipinski definition) is 2. The molecule has 43 heavy (non-hydrogen) atoms. The highest BCUT2D eigenvalue weighted by atomic mass is 19.4. The zero-order valence-electron chi connectivity index (χ0n) is 24.4. The summed E-state index contributed by atoms with van der Waals surface area (Å²) in [5.74, 6) is -11.0. The lowest BCUT2D eigenvalue weighted by atomic mass is 9.85. The van der Waals surface area contributed by atoms with E-state index in [2.05, 4.69) is 5.32 Å². The molecule has 11 nitrogen and oxygen atoms in total. The molecule has 3 heterocycles. The lowest BCUT2D eigenvalue weighted by molar-refractivity contribution is -0.429. The number of fused-ring (bicyclic) bond motifs is 1. The molecule has 2 N–H and O–H groups in total. The first-order chi connectivity index (χ1) is 19.6.